The summed E-state index contributed by atoms with van der Waals surface area (Å²) in [5.74, 6) is -1.82. The van der Waals surface area contributed by atoms with Crippen molar-refractivity contribution in [3.63, 3.8) is 0 Å². The van der Waals surface area contributed by atoms with Crippen LogP contribution in [0.15, 0.2) is 47.3 Å². The first-order chi connectivity index (χ1) is 16.4. The van der Waals surface area contributed by atoms with Crippen LogP contribution in [0.25, 0.3) is 11.2 Å². The molecular weight excluding hydrogens is 466 g/mol. The van der Waals surface area contributed by atoms with E-state index in [1.807, 2.05) is 0 Å². The van der Waals surface area contributed by atoms with E-state index in [-0.39, 0.29) is 29.5 Å². The van der Waals surface area contributed by atoms with Gasteiger partial charge in [-0.15, -0.1) is 5.10 Å². The van der Waals surface area contributed by atoms with Gasteiger partial charge in [-0.2, -0.15) is 0 Å². The van der Waals surface area contributed by atoms with Gasteiger partial charge in [-0.05, 0) is 48.7 Å². The van der Waals surface area contributed by atoms with Crippen molar-refractivity contribution in [1.29, 1.82) is 0 Å². The average Bonchev–Trinajstić information content (AvgIpc) is 3.24. The van der Waals surface area contributed by atoms with Gasteiger partial charge in [0.25, 0.3) is 11.5 Å². The Bertz CT molecular complexity index is 1450. The first-order valence-corrected chi connectivity index (χ1v) is 11.1. The molecule has 0 unspecified atom stereocenters. The third kappa shape index (κ3) is 4.28. The van der Waals surface area contributed by atoms with Crippen LogP contribution in [0.2, 0.25) is 5.02 Å². The Balaban J connectivity index is 1.43. The molecule has 34 heavy (non-hydrogen) atoms. The predicted molar refractivity (Wildman–Crippen MR) is 121 cm³/mol. The molecular formula is C23H19ClF2N6O2. The Morgan fingerprint density at radius 3 is 2.82 bits per heavy atom. The number of hydrogen-bond donors (Lipinski definition) is 1. The number of nitrogens with zero attached hydrogens (tertiary/aromatic N) is 5. The van der Waals surface area contributed by atoms with Crippen LogP contribution in [0.1, 0.15) is 40.5 Å². The second-order valence-corrected chi connectivity index (χ2v) is 8.66. The van der Waals surface area contributed by atoms with Crippen LogP contribution >= 0.6 is 11.6 Å². The minimum atomic E-state index is -0.972. The number of benzene rings is 2. The zero-order valence-electron chi connectivity index (χ0n) is 17.8. The predicted octanol–water partition coefficient (Wildman–Crippen LogP) is 3.51. The SMILES string of the molecule is O=C(c1cccc(Cl)c1)N1CCC[C@@H](c2nc3c(nnn3Cc3ccc(F)c(F)c3)c(=O)[nH]2)C1. The number of carbonyl (C=O) groups excluding carboxylic acids is 1. The number of likely N-dealkylation sites (tertiary alicyclic amines) is 1. The van der Waals surface area contributed by atoms with E-state index in [1.54, 1.807) is 29.2 Å². The molecule has 1 N–H and O–H groups in total. The molecule has 0 spiro atoms. The third-order valence-corrected chi connectivity index (χ3v) is 6.11. The summed E-state index contributed by atoms with van der Waals surface area (Å²) in [6.07, 6.45) is 1.48. The maximum atomic E-state index is 13.6. The molecule has 4 aromatic rings. The van der Waals surface area contributed by atoms with E-state index in [9.17, 15) is 18.4 Å². The van der Waals surface area contributed by atoms with Crippen molar-refractivity contribution < 1.29 is 13.6 Å². The molecule has 8 nitrogen and oxygen atoms in total. The van der Waals surface area contributed by atoms with Gasteiger partial charge in [-0.1, -0.05) is 28.9 Å². The Hall–Kier alpha value is -3.66. The van der Waals surface area contributed by atoms with E-state index in [1.165, 1.54) is 10.7 Å². The zero-order chi connectivity index (χ0) is 23.8. The lowest BCUT2D eigenvalue weighted by Crippen LogP contribution is -2.40. The summed E-state index contributed by atoms with van der Waals surface area (Å²) in [7, 11) is 0. The lowest BCUT2D eigenvalue weighted by molar-refractivity contribution is 0.0704. The van der Waals surface area contributed by atoms with Crippen molar-refractivity contribution >= 4 is 28.7 Å². The van der Waals surface area contributed by atoms with Crippen LogP contribution in [0, 0.1) is 11.6 Å². The van der Waals surface area contributed by atoms with Gasteiger partial charge in [0.2, 0.25) is 0 Å². The summed E-state index contributed by atoms with van der Waals surface area (Å²) in [6, 6.07) is 10.3. The highest BCUT2D eigenvalue weighted by molar-refractivity contribution is 6.30. The minimum Gasteiger partial charge on any atom is -0.338 e. The van der Waals surface area contributed by atoms with Crippen LogP contribution in [-0.2, 0) is 6.54 Å². The fourth-order valence-electron chi connectivity index (χ4n) is 4.18. The van der Waals surface area contributed by atoms with Crippen molar-refractivity contribution in [3.05, 3.63) is 86.4 Å². The Kier molecular flexibility index (Phi) is 5.82. The van der Waals surface area contributed by atoms with Gasteiger partial charge >= 0.3 is 0 Å². The lowest BCUT2D eigenvalue weighted by atomic mass is 9.96. The van der Waals surface area contributed by atoms with Gasteiger partial charge in [0.1, 0.15) is 5.82 Å². The molecule has 1 amide bonds. The van der Waals surface area contributed by atoms with Gasteiger partial charge in [0.15, 0.2) is 22.8 Å². The number of nitrogens with one attached hydrogen (secondary N) is 1. The maximum Gasteiger partial charge on any atom is 0.281 e. The molecule has 0 saturated carbocycles. The minimum absolute atomic E-state index is 0.0500. The molecule has 0 radical (unpaired) electrons. The molecule has 2 aromatic heterocycles. The highest BCUT2D eigenvalue weighted by Gasteiger charge is 2.28. The van der Waals surface area contributed by atoms with E-state index in [0.29, 0.717) is 35.1 Å². The summed E-state index contributed by atoms with van der Waals surface area (Å²) in [5.41, 5.74) is 0.787. The summed E-state index contributed by atoms with van der Waals surface area (Å²) in [5, 5.41) is 8.35. The van der Waals surface area contributed by atoms with Crippen LogP contribution in [0.3, 0.4) is 0 Å². The van der Waals surface area contributed by atoms with E-state index in [0.717, 1.165) is 25.0 Å². The van der Waals surface area contributed by atoms with Gasteiger partial charge in [0, 0.05) is 29.6 Å². The number of fused-ring (bicyclic) bond motifs is 1. The molecule has 1 aliphatic heterocycles. The van der Waals surface area contributed by atoms with Gasteiger partial charge in [0.05, 0.1) is 6.54 Å². The smallest absolute Gasteiger partial charge is 0.281 e. The van der Waals surface area contributed by atoms with Crippen LogP contribution in [0.4, 0.5) is 8.78 Å². The molecule has 2 aromatic carbocycles. The molecule has 1 fully saturated rings. The van der Waals surface area contributed by atoms with Crippen LogP contribution in [-0.4, -0.2) is 48.9 Å². The summed E-state index contributed by atoms with van der Waals surface area (Å²) in [6.45, 7) is 1.03. The van der Waals surface area contributed by atoms with E-state index >= 15 is 0 Å². The number of carbonyl (C=O) groups is 1. The number of aromatic amines is 1. The molecule has 1 aliphatic rings. The van der Waals surface area contributed by atoms with Crippen molar-refractivity contribution in [1.82, 2.24) is 29.9 Å². The van der Waals surface area contributed by atoms with E-state index < -0.39 is 17.2 Å². The van der Waals surface area contributed by atoms with Crippen molar-refractivity contribution in [2.45, 2.75) is 25.3 Å². The molecule has 3 heterocycles. The molecule has 11 heteroatoms. The summed E-state index contributed by atoms with van der Waals surface area (Å²) < 4.78 is 28.2. The quantitative estimate of drug-likeness (QED) is 0.478. The zero-order valence-corrected chi connectivity index (χ0v) is 18.6. The second kappa shape index (κ2) is 8.94. The fourth-order valence-corrected chi connectivity index (χ4v) is 4.37. The number of hydrogen-bond acceptors (Lipinski definition) is 5. The largest absolute Gasteiger partial charge is 0.338 e. The highest BCUT2D eigenvalue weighted by Crippen LogP contribution is 2.26. The molecule has 5 rings (SSSR count). The Morgan fingerprint density at radius 1 is 1.18 bits per heavy atom. The van der Waals surface area contributed by atoms with Crippen molar-refractivity contribution in [2.75, 3.05) is 13.1 Å². The molecule has 0 bridgehead atoms. The number of piperidine rings is 1. The van der Waals surface area contributed by atoms with Crippen molar-refractivity contribution in [2.24, 2.45) is 0 Å². The fraction of sp³-hybridized carbons (Fsp3) is 0.261. The topological polar surface area (TPSA) is 96.8 Å². The monoisotopic (exact) mass is 484 g/mol. The summed E-state index contributed by atoms with van der Waals surface area (Å²) >= 11 is 6.03. The van der Waals surface area contributed by atoms with Gasteiger partial charge < -0.3 is 9.88 Å². The number of aromatic nitrogens is 5. The number of H-pyrrole nitrogens is 1. The maximum absolute atomic E-state index is 13.6. The normalized spacial score (nSPS) is 16.2. The van der Waals surface area contributed by atoms with E-state index in [2.05, 4.69) is 20.3 Å². The Labute approximate surface area is 197 Å². The average molecular weight is 485 g/mol. The van der Waals surface area contributed by atoms with Gasteiger partial charge in [-0.3, -0.25) is 9.59 Å². The van der Waals surface area contributed by atoms with E-state index in [4.69, 9.17) is 11.6 Å². The highest BCUT2D eigenvalue weighted by atomic mass is 35.5. The number of amides is 1. The van der Waals surface area contributed by atoms with Gasteiger partial charge in [-0.25, -0.2) is 18.4 Å². The van der Waals surface area contributed by atoms with Crippen LogP contribution in [0.5, 0.6) is 0 Å². The third-order valence-electron chi connectivity index (χ3n) is 5.88. The first-order valence-electron chi connectivity index (χ1n) is 10.7. The molecule has 0 aliphatic carbocycles. The standard InChI is InChI=1S/C23H19ClF2N6O2/c24-16-5-1-3-14(10-16)23(34)31-8-2-4-15(12-31)20-27-21-19(22(33)28-20)29-30-32(21)11-13-6-7-17(25)18(26)9-13/h1,3,5-7,9-10,15H,2,4,8,11-12H2,(H,27,28,33)/t15-/m1/s1. The number of rotatable bonds is 4. The van der Waals surface area contributed by atoms with Crippen molar-refractivity contribution in [3.8, 4) is 0 Å². The summed E-state index contributed by atoms with van der Waals surface area (Å²) in [4.78, 5) is 34.7. The molecule has 1 saturated heterocycles. The first kappa shape index (κ1) is 22.1. The van der Waals surface area contributed by atoms with Crippen LogP contribution < -0.4 is 5.56 Å². The Morgan fingerprint density at radius 2 is 2.03 bits per heavy atom. The molecule has 1 atom stereocenters. The number of halogens is 3. The lowest BCUT2D eigenvalue weighted by Gasteiger charge is -2.32. The molecule has 174 valence electrons. The second-order valence-electron chi connectivity index (χ2n) is 8.22.